The van der Waals surface area contributed by atoms with E-state index >= 15 is 8.78 Å². The van der Waals surface area contributed by atoms with Crippen LogP contribution in [-0.4, -0.2) is 118 Å². The molecule has 2 aromatic heterocycles. The molecule has 1 saturated carbocycles. The van der Waals surface area contributed by atoms with Crippen LogP contribution < -0.4 is 14.4 Å². The number of rotatable bonds is 8. The molecule has 4 fully saturated rings. The summed E-state index contributed by atoms with van der Waals surface area (Å²) in [4.78, 5) is 33.4. The quantitative estimate of drug-likeness (QED) is 0.202. The van der Waals surface area contributed by atoms with E-state index in [0.29, 0.717) is 24.6 Å². The molecule has 8 rings (SSSR count). The van der Waals surface area contributed by atoms with Crippen molar-refractivity contribution in [2.75, 3.05) is 64.6 Å². The van der Waals surface area contributed by atoms with Gasteiger partial charge >= 0.3 is 6.01 Å². The monoisotopic (exact) mass is 798 g/mol. The van der Waals surface area contributed by atoms with Crippen molar-refractivity contribution in [2.24, 2.45) is 11.3 Å². The SMILES string of the molecule is C#Cc1c(F)ccc2cc(O)cc(-c3nc(OC)c4c(N5CCOC[C@@](C)(O)C5)nc(OC[C@]56CCC[C@H]5N(C5CCN(C(=O)C(C)C)CC5)CCC6)nc4c3F)c12. The number of benzene rings is 2. The van der Waals surface area contributed by atoms with Gasteiger partial charge in [0.25, 0.3) is 0 Å². The first-order valence-corrected chi connectivity index (χ1v) is 20.4. The normalized spacial score (nSPS) is 24.6. The highest BCUT2D eigenvalue weighted by Gasteiger charge is 2.50. The molecule has 1 aliphatic carbocycles. The summed E-state index contributed by atoms with van der Waals surface area (Å²) < 4.78 is 50.7. The Bertz CT molecular complexity index is 2270. The summed E-state index contributed by atoms with van der Waals surface area (Å²) in [6, 6.07) is 6.00. The number of phenols is 1. The van der Waals surface area contributed by atoms with Crippen LogP contribution >= 0.6 is 0 Å². The van der Waals surface area contributed by atoms with Crippen molar-refractivity contribution < 1.29 is 38.0 Å². The first kappa shape index (κ1) is 40.0. The van der Waals surface area contributed by atoms with E-state index in [9.17, 15) is 15.0 Å². The minimum absolute atomic E-state index is 0.0141. The van der Waals surface area contributed by atoms with E-state index in [4.69, 9.17) is 30.6 Å². The van der Waals surface area contributed by atoms with Gasteiger partial charge in [-0.25, -0.2) is 13.8 Å². The predicted octanol–water partition coefficient (Wildman–Crippen LogP) is 6.07. The van der Waals surface area contributed by atoms with Crippen molar-refractivity contribution in [3.8, 4) is 41.2 Å². The molecular weight excluding hydrogens is 747 g/mol. The first-order valence-electron chi connectivity index (χ1n) is 20.4. The number of nitrogens with zero attached hydrogens (tertiary/aromatic N) is 6. The smallest absolute Gasteiger partial charge is 0.319 e. The van der Waals surface area contributed by atoms with E-state index < -0.39 is 17.2 Å². The van der Waals surface area contributed by atoms with Gasteiger partial charge in [0, 0.05) is 54.0 Å². The Hall–Kier alpha value is -4.84. The lowest BCUT2D eigenvalue weighted by Crippen LogP contribution is -2.58. The molecule has 2 aromatic carbocycles. The summed E-state index contributed by atoms with van der Waals surface area (Å²) in [5.74, 6) is 1.07. The Morgan fingerprint density at radius 2 is 1.84 bits per heavy atom. The maximum absolute atomic E-state index is 17.4. The third-order valence-electron chi connectivity index (χ3n) is 12.7. The fourth-order valence-corrected chi connectivity index (χ4v) is 10.0. The molecule has 0 bridgehead atoms. The number of amides is 1. The average molecular weight is 799 g/mol. The molecule has 3 atom stereocenters. The van der Waals surface area contributed by atoms with E-state index in [0.717, 1.165) is 64.6 Å². The molecule has 5 heterocycles. The molecule has 3 saturated heterocycles. The van der Waals surface area contributed by atoms with E-state index in [1.54, 1.807) is 11.8 Å². The molecule has 0 spiro atoms. The maximum atomic E-state index is 17.4. The van der Waals surface area contributed by atoms with Gasteiger partial charge in [-0.05, 0) is 75.6 Å². The molecule has 1 amide bonds. The lowest BCUT2D eigenvalue weighted by atomic mass is 9.74. The Kier molecular flexibility index (Phi) is 10.8. The van der Waals surface area contributed by atoms with Crippen molar-refractivity contribution in [1.82, 2.24) is 24.8 Å². The first-order chi connectivity index (χ1) is 27.8. The van der Waals surface area contributed by atoms with Crippen LogP contribution in [0.2, 0.25) is 0 Å². The second-order valence-corrected chi connectivity index (χ2v) is 17.1. The van der Waals surface area contributed by atoms with Crippen LogP contribution in [0, 0.1) is 35.3 Å². The van der Waals surface area contributed by atoms with Crippen LogP contribution in [0.15, 0.2) is 24.3 Å². The molecule has 0 radical (unpaired) electrons. The van der Waals surface area contributed by atoms with E-state index in [1.807, 2.05) is 18.7 Å². The lowest BCUT2D eigenvalue weighted by molar-refractivity contribution is -0.136. The molecule has 0 unspecified atom stereocenters. The number of methoxy groups -OCH3 is 1. The van der Waals surface area contributed by atoms with E-state index in [1.165, 1.54) is 31.4 Å². The molecular formula is C44H52F2N6O6. The van der Waals surface area contributed by atoms with Crippen LogP contribution in [0.1, 0.15) is 71.3 Å². The molecule has 3 aliphatic heterocycles. The number of carbonyl (C=O) groups excluding carboxylic acids is 1. The van der Waals surface area contributed by atoms with Gasteiger partial charge in [0.1, 0.15) is 39.6 Å². The topological polar surface area (TPSA) is 134 Å². The predicted molar refractivity (Wildman–Crippen MR) is 216 cm³/mol. The zero-order valence-corrected chi connectivity index (χ0v) is 33.7. The number of piperidine rings is 2. The van der Waals surface area contributed by atoms with Crippen molar-refractivity contribution in [3.05, 3.63) is 41.5 Å². The Balaban J connectivity index is 1.20. The number of aromatic hydroxyl groups is 1. The largest absolute Gasteiger partial charge is 0.508 e. The van der Waals surface area contributed by atoms with E-state index in [-0.39, 0.29) is 99.6 Å². The number of aliphatic hydroxyl groups is 1. The highest BCUT2D eigenvalue weighted by molar-refractivity contribution is 6.04. The van der Waals surface area contributed by atoms with Crippen LogP contribution in [0.5, 0.6) is 17.6 Å². The highest BCUT2D eigenvalue weighted by atomic mass is 19.1. The number of halogens is 2. The third kappa shape index (κ3) is 7.26. The average Bonchev–Trinajstić information content (AvgIpc) is 3.56. The van der Waals surface area contributed by atoms with Gasteiger partial charge in [0.05, 0.1) is 39.0 Å². The minimum Gasteiger partial charge on any atom is -0.508 e. The molecule has 14 heteroatoms. The van der Waals surface area contributed by atoms with Crippen LogP contribution in [0.4, 0.5) is 14.6 Å². The third-order valence-corrected chi connectivity index (χ3v) is 12.7. The number of fused-ring (bicyclic) bond motifs is 3. The number of pyridine rings is 1. The van der Waals surface area contributed by atoms with Crippen molar-refractivity contribution in [3.63, 3.8) is 0 Å². The molecule has 2 N–H and O–H groups in total. The summed E-state index contributed by atoms with van der Waals surface area (Å²) >= 11 is 0. The van der Waals surface area contributed by atoms with Crippen molar-refractivity contribution in [2.45, 2.75) is 83.4 Å². The number of hydrogen-bond donors (Lipinski definition) is 2. The maximum Gasteiger partial charge on any atom is 0.319 e. The van der Waals surface area contributed by atoms with Crippen molar-refractivity contribution >= 4 is 33.4 Å². The summed E-state index contributed by atoms with van der Waals surface area (Å²) in [6.45, 7) is 9.21. The summed E-state index contributed by atoms with van der Waals surface area (Å²) in [5, 5.41) is 22.7. The standard InChI is InChI=1S/C44H52F2N6O6/c1-6-30-32(45)11-10-27-21-29(53)22-31(34(27)30)37-36(46)38-35(40(47-37)56-5)39(51-19-20-57-24-43(4,55)23-51)49-42(48-38)58-25-44-14-7-9-33(44)52(16-8-15-44)28-12-17-50(18-13-28)41(54)26(2)3/h1,10-11,21-22,26,28,33,53,55H,7-9,12-20,23-25H2,2-5H3/t33-,43+,44-/m1/s1. The number of likely N-dealkylation sites (tertiary alicyclic amines) is 2. The van der Waals surface area contributed by atoms with Crippen molar-refractivity contribution in [1.29, 1.82) is 0 Å². The van der Waals surface area contributed by atoms with Gasteiger partial charge in [-0.1, -0.05) is 32.3 Å². The van der Waals surface area contributed by atoms with E-state index in [2.05, 4.69) is 15.8 Å². The number of β-amino-alcohol motifs (C(OH)–C–C–N with tert-alkyl or cyclic N) is 1. The summed E-state index contributed by atoms with van der Waals surface area (Å²) in [5.41, 5.74) is -1.89. The number of ether oxygens (including phenoxy) is 3. The van der Waals surface area contributed by atoms with Gasteiger partial charge in [0.2, 0.25) is 11.8 Å². The fourth-order valence-electron chi connectivity index (χ4n) is 10.0. The Morgan fingerprint density at radius 3 is 2.59 bits per heavy atom. The molecule has 58 heavy (non-hydrogen) atoms. The number of phenolic OH excluding ortho intramolecular Hbond substituents is 1. The number of hydrogen-bond acceptors (Lipinski definition) is 11. The van der Waals surface area contributed by atoms with Crippen LogP contribution in [0.25, 0.3) is 32.9 Å². The minimum atomic E-state index is -1.26. The number of anilines is 1. The molecule has 308 valence electrons. The number of carbonyl (C=O) groups is 1. The fraction of sp³-hybridized carbons (Fsp3) is 0.545. The van der Waals surface area contributed by atoms with Gasteiger partial charge in [-0.3, -0.25) is 9.69 Å². The van der Waals surface area contributed by atoms with Gasteiger partial charge in [-0.15, -0.1) is 6.42 Å². The van der Waals surface area contributed by atoms with Crippen LogP contribution in [0.3, 0.4) is 0 Å². The van der Waals surface area contributed by atoms with Crippen LogP contribution in [-0.2, 0) is 9.53 Å². The number of terminal acetylenes is 1. The zero-order valence-electron chi connectivity index (χ0n) is 33.7. The number of aromatic nitrogens is 3. The van der Waals surface area contributed by atoms with Gasteiger partial charge in [-0.2, -0.15) is 9.97 Å². The second kappa shape index (κ2) is 15.7. The molecule has 4 aromatic rings. The Morgan fingerprint density at radius 1 is 1.07 bits per heavy atom. The van der Waals surface area contributed by atoms with Gasteiger partial charge < -0.3 is 34.2 Å². The summed E-state index contributed by atoms with van der Waals surface area (Å²) in [6.07, 6.45) is 12.7. The second-order valence-electron chi connectivity index (χ2n) is 17.1. The lowest BCUT2D eigenvalue weighted by Gasteiger charge is -2.51. The molecule has 4 aliphatic rings. The highest BCUT2D eigenvalue weighted by Crippen LogP contribution is 2.50. The molecule has 12 nitrogen and oxygen atoms in total. The zero-order chi connectivity index (χ0) is 40.9. The summed E-state index contributed by atoms with van der Waals surface area (Å²) in [7, 11) is 1.40. The van der Waals surface area contributed by atoms with Gasteiger partial charge in [0.15, 0.2) is 5.82 Å². The Labute approximate surface area is 337 Å².